The summed E-state index contributed by atoms with van der Waals surface area (Å²) in [4.78, 5) is 0. The molecule has 1 aromatic carbocycles. The average Bonchev–Trinajstić information content (AvgIpc) is 2.14. The van der Waals surface area contributed by atoms with E-state index in [1.807, 2.05) is 0 Å². The normalized spacial score (nSPS) is 11.9. The van der Waals surface area contributed by atoms with Gasteiger partial charge in [-0.2, -0.15) is 0 Å². The standard InChI is InChI=1S/C9H8BrF4N/c10-6-2-8(12)7(11)1-5(6)3-9(13,14)4-15/h1-2H,3-4,15H2. The lowest BCUT2D eigenvalue weighted by Gasteiger charge is -2.14. The fourth-order valence-corrected chi connectivity index (χ4v) is 1.51. The average molecular weight is 286 g/mol. The van der Waals surface area contributed by atoms with Crippen LogP contribution in [-0.4, -0.2) is 12.5 Å². The minimum absolute atomic E-state index is 0.00986. The maximum absolute atomic E-state index is 12.9. The summed E-state index contributed by atoms with van der Waals surface area (Å²) in [5.41, 5.74) is 4.83. The molecule has 15 heavy (non-hydrogen) atoms. The molecular weight excluding hydrogens is 278 g/mol. The molecule has 0 spiro atoms. The maximum Gasteiger partial charge on any atom is 0.264 e. The molecule has 0 radical (unpaired) electrons. The predicted octanol–water partition coefficient (Wildman–Crippen LogP) is 2.86. The fourth-order valence-electron chi connectivity index (χ4n) is 1.05. The highest BCUT2D eigenvalue weighted by atomic mass is 79.9. The second kappa shape index (κ2) is 4.49. The smallest absolute Gasteiger partial charge is 0.264 e. The third-order valence-electron chi connectivity index (χ3n) is 1.84. The van der Waals surface area contributed by atoms with Crippen molar-refractivity contribution in [1.82, 2.24) is 0 Å². The van der Waals surface area contributed by atoms with Crippen LogP contribution in [-0.2, 0) is 6.42 Å². The van der Waals surface area contributed by atoms with Crippen molar-refractivity contribution in [2.24, 2.45) is 5.73 Å². The van der Waals surface area contributed by atoms with Crippen molar-refractivity contribution in [1.29, 1.82) is 0 Å². The summed E-state index contributed by atoms with van der Waals surface area (Å²) in [6.07, 6.45) is -0.721. The Morgan fingerprint density at radius 3 is 2.27 bits per heavy atom. The van der Waals surface area contributed by atoms with Gasteiger partial charge < -0.3 is 5.73 Å². The van der Waals surface area contributed by atoms with Crippen LogP contribution in [0.1, 0.15) is 5.56 Å². The van der Waals surface area contributed by atoms with E-state index < -0.39 is 30.5 Å². The number of benzene rings is 1. The zero-order valence-electron chi connectivity index (χ0n) is 7.54. The number of hydrogen-bond acceptors (Lipinski definition) is 1. The van der Waals surface area contributed by atoms with E-state index in [1.54, 1.807) is 0 Å². The van der Waals surface area contributed by atoms with E-state index in [4.69, 9.17) is 5.73 Å². The third kappa shape index (κ3) is 3.17. The van der Waals surface area contributed by atoms with Gasteiger partial charge in [-0.05, 0) is 17.7 Å². The quantitative estimate of drug-likeness (QED) is 0.671. The van der Waals surface area contributed by atoms with Gasteiger partial charge >= 0.3 is 0 Å². The zero-order chi connectivity index (χ0) is 11.6. The topological polar surface area (TPSA) is 26.0 Å². The van der Waals surface area contributed by atoms with Crippen molar-refractivity contribution in [2.75, 3.05) is 6.54 Å². The zero-order valence-corrected chi connectivity index (χ0v) is 9.12. The summed E-state index contributed by atoms with van der Waals surface area (Å²) >= 11 is 2.88. The summed E-state index contributed by atoms with van der Waals surface area (Å²) in [6, 6.07) is 1.56. The van der Waals surface area contributed by atoms with Crippen molar-refractivity contribution in [3.63, 3.8) is 0 Å². The van der Waals surface area contributed by atoms with Crippen LogP contribution >= 0.6 is 15.9 Å². The van der Waals surface area contributed by atoms with Crippen molar-refractivity contribution >= 4 is 15.9 Å². The molecule has 0 fully saturated rings. The third-order valence-corrected chi connectivity index (χ3v) is 2.58. The molecule has 0 saturated heterocycles. The van der Waals surface area contributed by atoms with Gasteiger partial charge in [-0.3, -0.25) is 0 Å². The number of alkyl halides is 2. The molecule has 0 aromatic heterocycles. The molecule has 0 atom stereocenters. The highest BCUT2D eigenvalue weighted by Crippen LogP contribution is 2.26. The fraction of sp³-hybridized carbons (Fsp3) is 0.333. The first-order valence-electron chi connectivity index (χ1n) is 4.07. The van der Waals surface area contributed by atoms with Gasteiger partial charge in [0, 0.05) is 10.9 Å². The van der Waals surface area contributed by atoms with E-state index in [0.29, 0.717) is 0 Å². The number of halogens is 5. The molecule has 0 heterocycles. The van der Waals surface area contributed by atoms with Crippen LogP contribution in [0, 0.1) is 11.6 Å². The Morgan fingerprint density at radius 2 is 1.73 bits per heavy atom. The lowest BCUT2D eigenvalue weighted by Crippen LogP contribution is -2.30. The molecule has 0 aliphatic carbocycles. The molecule has 84 valence electrons. The van der Waals surface area contributed by atoms with Crippen molar-refractivity contribution in [2.45, 2.75) is 12.3 Å². The van der Waals surface area contributed by atoms with Gasteiger partial charge in [-0.1, -0.05) is 15.9 Å². The largest absolute Gasteiger partial charge is 0.325 e. The van der Waals surface area contributed by atoms with Crippen LogP contribution in [0.4, 0.5) is 17.6 Å². The summed E-state index contributed by atoms with van der Waals surface area (Å²) in [5.74, 6) is -5.35. The first kappa shape index (κ1) is 12.4. The Morgan fingerprint density at radius 1 is 1.20 bits per heavy atom. The highest BCUT2D eigenvalue weighted by molar-refractivity contribution is 9.10. The second-order valence-electron chi connectivity index (χ2n) is 3.09. The molecule has 6 heteroatoms. The summed E-state index contributed by atoms with van der Waals surface area (Å²) < 4.78 is 51.3. The van der Waals surface area contributed by atoms with E-state index >= 15 is 0 Å². The molecule has 0 aliphatic heterocycles. The lowest BCUT2D eigenvalue weighted by molar-refractivity contribution is 0.0112. The molecule has 0 saturated carbocycles. The van der Waals surface area contributed by atoms with Crippen LogP contribution in [0.25, 0.3) is 0 Å². The predicted molar refractivity (Wildman–Crippen MR) is 51.8 cm³/mol. The van der Waals surface area contributed by atoms with Crippen LogP contribution in [0.3, 0.4) is 0 Å². The Labute approximate surface area is 92.4 Å². The minimum Gasteiger partial charge on any atom is -0.325 e. The first-order valence-corrected chi connectivity index (χ1v) is 4.86. The van der Waals surface area contributed by atoms with E-state index in [2.05, 4.69) is 15.9 Å². The van der Waals surface area contributed by atoms with Crippen molar-refractivity contribution < 1.29 is 17.6 Å². The van der Waals surface area contributed by atoms with Gasteiger partial charge in [0.2, 0.25) is 0 Å². The molecule has 0 amide bonds. The van der Waals surface area contributed by atoms with Gasteiger partial charge in [0.15, 0.2) is 11.6 Å². The van der Waals surface area contributed by atoms with E-state index in [9.17, 15) is 17.6 Å². The number of hydrogen-bond donors (Lipinski definition) is 1. The van der Waals surface area contributed by atoms with Gasteiger partial charge in [0.1, 0.15) is 0 Å². The molecule has 0 bridgehead atoms. The second-order valence-corrected chi connectivity index (χ2v) is 3.95. The van der Waals surface area contributed by atoms with Crippen LogP contribution in [0.2, 0.25) is 0 Å². The number of rotatable bonds is 3. The summed E-state index contributed by atoms with van der Waals surface area (Å²) in [5, 5.41) is 0. The monoisotopic (exact) mass is 285 g/mol. The summed E-state index contributed by atoms with van der Waals surface area (Å²) in [6.45, 7) is -0.835. The molecule has 1 aromatic rings. The highest BCUT2D eigenvalue weighted by Gasteiger charge is 2.28. The van der Waals surface area contributed by atoms with E-state index in [1.165, 1.54) is 0 Å². The SMILES string of the molecule is NCC(F)(F)Cc1cc(F)c(F)cc1Br. The van der Waals surface area contributed by atoms with Gasteiger partial charge in [-0.15, -0.1) is 0 Å². The Hall–Kier alpha value is -0.620. The van der Waals surface area contributed by atoms with Crippen molar-refractivity contribution in [3.05, 3.63) is 33.8 Å². The van der Waals surface area contributed by atoms with Gasteiger partial charge in [0.25, 0.3) is 5.92 Å². The number of nitrogens with two attached hydrogens (primary N) is 1. The minimum atomic E-state index is -3.12. The molecule has 0 unspecified atom stereocenters. The van der Waals surface area contributed by atoms with E-state index in [0.717, 1.165) is 12.1 Å². The first-order chi connectivity index (χ1) is 6.85. The molecule has 1 rings (SSSR count). The lowest BCUT2D eigenvalue weighted by atomic mass is 10.1. The van der Waals surface area contributed by atoms with Gasteiger partial charge in [0.05, 0.1) is 6.54 Å². The van der Waals surface area contributed by atoms with Crippen molar-refractivity contribution in [3.8, 4) is 0 Å². The summed E-state index contributed by atoms with van der Waals surface area (Å²) in [7, 11) is 0. The molecular formula is C9H8BrF4N. The molecule has 2 N–H and O–H groups in total. The Kier molecular flexibility index (Phi) is 3.72. The Bertz CT molecular complexity index is 367. The van der Waals surface area contributed by atoms with E-state index in [-0.39, 0.29) is 10.0 Å². The maximum atomic E-state index is 12.9. The molecule has 1 nitrogen and oxygen atoms in total. The van der Waals surface area contributed by atoms with Crippen LogP contribution < -0.4 is 5.73 Å². The molecule has 0 aliphatic rings. The van der Waals surface area contributed by atoms with Crippen LogP contribution in [0.15, 0.2) is 16.6 Å². The van der Waals surface area contributed by atoms with Gasteiger partial charge in [-0.25, -0.2) is 17.6 Å². The Balaban J connectivity index is 3.01. The van der Waals surface area contributed by atoms with Crippen LogP contribution in [0.5, 0.6) is 0 Å².